The normalized spacial score (nSPS) is 14.4. The Labute approximate surface area is 201 Å². The van der Waals surface area contributed by atoms with Crippen molar-refractivity contribution < 1.29 is 28.1 Å². The summed E-state index contributed by atoms with van der Waals surface area (Å²) in [4.78, 5) is 15.4. The third-order valence-electron chi connectivity index (χ3n) is 5.97. The van der Waals surface area contributed by atoms with Gasteiger partial charge in [0.15, 0.2) is 23.0 Å². The molecular formula is C27H23NO7. The van der Waals surface area contributed by atoms with E-state index in [0.717, 1.165) is 22.6 Å². The largest absolute Gasteiger partial charge is 0.490 e. The third-order valence-corrected chi connectivity index (χ3v) is 5.97. The first-order chi connectivity index (χ1) is 17.2. The fraction of sp³-hybridized carbons (Fsp3) is 0.222. The molecule has 3 aromatic carbocycles. The second kappa shape index (κ2) is 8.88. The zero-order chi connectivity index (χ0) is 23.8. The number of hydrogen-bond donors (Lipinski definition) is 0. The zero-order valence-corrected chi connectivity index (χ0v) is 19.1. The van der Waals surface area contributed by atoms with Crippen LogP contribution in [0.1, 0.15) is 18.1 Å². The molecule has 0 radical (unpaired) electrons. The van der Waals surface area contributed by atoms with E-state index >= 15 is 0 Å². The van der Waals surface area contributed by atoms with E-state index < -0.39 is 0 Å². The summed E-state index contributed by atoms with van der Waals surface area (Å²) in [6.07, 6.45) is 1.35. The van der Waals surface area contributed by atoms with Gasteiger partial charge in [-0.15, -0.1) is 0 Å². The average molecular weight is 473 g/mol. The molecule has 1 aromatic heterocycles. The number of rotatable bonds is 6. The van der Waals surface area contributed by atoms with Crippen molar-refractivity contribution in [3.8, 4) is 34.5 Å². The Morgan fingerprint density at radius 2 is 1.74 bits per heavy atom. The van der Waals surface area contributed by atoms with E-state index in [1.54, 1.807) is 18.2 Å². The van der Waals surface area contributed by atoms with E-state index in [2.05, 4.69) is 4.90 Å². The predicted molar refractivity (Wildman–Crippen MR) is 127 cm³/mol. The van der Waals surface area contributed by atoms with E-state index in [-0.39, 0.29) is 18.0 Å². The number of nitrogens with zero attached hydrogens (tertiary/aromatic N) is 1. The zero-order valence-electron chi connectivity index (χ0n) is 19.1. The number of benzene rings is 3. The van der Waals surface area contributed by atoms with Crippen LogP contribution in [0.2, 0.25) is 0 Å². The Kier molecular flexibility index (Phi) is 5.42. The van der Waals surface area contributed by atoms with Crippen molar-refractivity contribution in [3.63, 3.8) is 0 Å². The van der Waals surface area contributed by atoms with Gasteiger partial charge in [0.2, 0.25) is 18.0 Å². The summed E-state index contributed by atoms with van der Waals surface area (Å²) in [7, 11) is 0. The average Bonchev–Trinajstić information content (AvgIpc) is 3.35. The molecule has 0 bridgehead atoms. The molecule has 0 saturated carbocycles. The number of fused-ring (bicyclic) bond motifs is 4. The molecule has 3 heterocycles. The molecule has 0 aliphatic carbocycles. The lowest BCUT2D eigenvalue weighted by Crippen LogP contribution is -2.31. The molecule has 4 aromatic rings. The first-order valence-corrected chi connectivity index (χ1v) is 11.4. The topological polar surface area (TPSA) is 79.6 Å². The second-order valence-electron chi connectivity index (χ2n) is 8.28. The Bertz CT molecular complexity index is 1460. The molecule has 0 spiro atoms. The molecule has 178 valence electrons. The molecule has 8 heteroatoms. The van der Waals surface area contributed by atoms with E-state index in [0.29, 0.717) is 54.6 Å². The van der Waals surface area contributed by atoms with Gasteiger partial charge in [-0.25, -0.2) is 0 Å². The molecule has 0 fully saturated rings. The molecule has 6 rings (SSSR count). The highest BCUT2D eigenvalue weighted by Crippen LogP contribution is 2.36. The minimum Gasteiger partial charge on any atom is -0.490 e. The van der Waals surface area contributed by atoms with Crippen LogP contribution in [-0.4, -0.2) is 25.0 Å². The van der Waals surface area contributed by atoms with Gasteiger partial charge in [-0.1, -0.05) is 18.2 Å². The van der Waals surface area contributed by atoms with E-state index in [4.69, 9.17) is 28.1 Å². The van der Waals surface area contributed by atoms with Crippen LogP contribution < -0.4 is 29.1 Å². The lowest BCUT2D eigenvalue weighted by Gasteiger charge is -2.29. The van der Waals surface area contributed by atoms with Gasteiger partial charge in [-0.2, -0.15) is 0 Å². The van der Waals surface area contributed by atoms with Gasteiger partial charge in [0.25, 0.3) is 0 Å². The van der Waals surface area contributed by atoms with Crippen molar-refractivity contribution in [2.75, 3.05) is 20.1 Å². The van der Waals surface area contributed by atoms with Crippen molar-refractivity contribution >= 4 is 11.0 Å². The van der Waals surface area contributed by atoms with E-state index in [1.807, 2.05) is 43.3 Å². The maximum atomic E-state index is 13.3. The standard InChI is InChI=1S/C27H23NO7/c1-2-30-21-5-3-4-6-23(21)35-25-14-31-27-18(26(25)29)8-10-20-19(27)13-28(15-32-20)12-17-7-9-22-24(11-17)34-16-33-22/h3-11,14H,2,12-13,15-16H2,1H3. The first kappa shape index (κ1) is 21.4. The van der Waals surface area contributed by atoms with E-state index in [9.17, 15) is 4.79 Å². The van der Waals surface area contributed by atoms with Crippen molar-refractivity contribution in [2.45, 2.75) is 20.0 Å². The van der Waals surface area contributed by atoms with Gasteiger partial charge >= 0.3 is 0 Å². The van der Waals surface area contributed by atoms with Crippen molar-refractivity contribution in [1.82, 2.24) is 4.90 Å². The van der Waals surface area contributed by atoms with Crippen LogP contribution >= 0.6 is 0 Å². The summed E-state index contributed by atoms with van der Waals surface area (Å²) >= 11 is 0. The van der Waals surface area contributed by atoms with Crippen LogP contribution in [0.4, 0.5) is 0 Å². The van der Waals surface area contributed by atoms with E-state index in [1.165, 1.54) is 6.26 Å². The minimum absolute atomic E-state index is 0.0959. The quantitative estimate of drug-likeness (QED) is 0.384. The molecule has 0 unspecified atom stereocenters. The van der Waals surface area contributed by atoms with Crippen molar-refractivity contribution in [2.24, 2.45) is 0 Å². The Morgan fingerprint density at radius 3 is 2.63 bits per heavy atom. The van der Waals surface area contributed by atoms with Crippen molar-refractivity contribution in [3.05, 3.63) is 82.2 Å². The van der Waals surface area contributed by atoms with Gasteiger partial charge in [0.1, 0.15) is 24.3 Å². The van der Waals surface area contributed by atoms with Gasteiger partial charge in [0.05, 0.1) is 17.6 Å². The summed E-state index contributed by atoms with van der Waals surface area (Å²) in [5.41, 5.74) is 2.14. The highest BCUT2D eigenvalue weighted by molar-refractivity contribution is 5.83. The summed E-state index contributed by atoms with van der Waals surface area (Å²) < 4.78 is 34.3. The Hall–Kier alpha value is -4.17. The summed E-state index contributed by atoms with van der Waals surface area (Å²) in [6, 6.07) is 16.6. The molecular weight excluding hydrogens is 450 g/mol. The fourth-order valence-electron chi connectivity index (χ4n) is 4.33. The summed E-state index contributed by atoms with van der Waals surface area (Å²) in [5, 5.41) is 0.434. The molecule has 0 saturated heterocycles. The molecule has 35 heavy (non-hydrogen) atoms. The van der Waals surface area contributed by atoms with Crippen LogP contribution in [0.15, 0.2) is 70.1 Å². The maximum Gasteiger partial charge on any atom is 0.235 e. The molecule has 0 N–H and O–H groups in total. The molecule has 2 aliphatic heterocycles. The van der Waals surface area contributed by atoms with Gasteiger partial charge in [-0.05, 0) is 48.9 Å². The summed E-state index contributed by atoms with van der Waals surface area (Å²) in [6.45, 7) is 4.26. The van der Waals surface area contributed by atoms with Gasteiger partial charge in [-0.3, -0.25) is 9.69 Å². The highest BCUT2D eigenvalue weighted by atomic mass is 16.7. The second-order valence-corrected chi connectivity index (χ2v) is 8.28. The SMILES string of the molecule is CCOc1ccccc1Oc1coc2c3c(ccc2c1=O)OCN(Cc1ccc2c(c1)OCO2)C3. The molecule has 0 atom stereocenters. The number of para-hydroxylation sites is 2. The van der Waals surface area contributed by atoms with Crippen LogP contribution in [0, 0.1) is 0 Å². The van der Waals surface area contributed by atoms with Crippen LogP contribution in [0.3, 0.4) is 0 Å². The van der Waals surface area contributed by atoms with Crippen LogP contribution in [0.25, 0.3) is 11.0 Å². The minimum atomic E-state index is -0.256. The fourth-order valence-corrected chi connectivity index (χ4v) is 4.33. The lowest BCUT2D eigenvalue weighted by molar-refractivity contribution is 0.0889. The lowest BCUT2D eigenvalue weighted by atomic mass is 10.1. The van der Waals surface area contributed by atoms with Crippen LogP contribution in [0.5, 0.6) is 34.5 Å². The Balaban J connectivity index is 1.28. The van der Waals surface area contributed by atoms with Crippen molar-refractivity contribution in [1.29, 1.82) is 0 Å². The number of ether oxygens (including phenoxy) is 5. The van der Waals surface area contributed by atoms with Gasteiger partial charge < -0.3 is 28.1 Å². The third kappa shape index (κ3) is 4.02. The van der Waals surface area contributed by atoms with Crippen LogP contribution in [-0.2, 0) is 13.1 Å². The smallest absolute Gasteiger partial charge is 0.235 e. The van der Waals surface area contributed by atoms with Gasteiger partial charge in [0, 0.05) is 13.1 Å². The predicted octanol–water partition coefficient (Wildman–Crippen LogP) is 5.06. The summed E-state index contributed by atoms with van der Waals surface area (Å²) in [5.74, 6) is 3.32. The molecule has 8 nitrogen and oxygen atoms in total. The maximum absolute atomic E-state index is 13.3. The monoisotopic (exact) mass is 473 g/mol. The molecule has 2 aliphatic rings. The Morgan fingerprint density at radius 1 is 0.914 bits per heavy atom. The number of hydrogen-bond acceptors (Lipinski definition) is 8. The first-order valence-electron chi connectivity index (χ1n) is 11.4. The molecule has 0 amide bonds. The highest BCUT2D eigenvalue weighted by Gasteiger charge is 2.24.